The van der Waals surface area contributed by atoms with Crippen LogP contribution in [-0.4, -0.2) is 65.1 Å². The van der Waals surface area contributed by atoms with Crippen molar-refractivity contribution < 1.29 is 19.5 Å². The molecule has 2 amide bonds. The van der Waals surface area contributed by atoms with Gasteiger partial charge in [0.05, 0.1) is 18.5 Å². The van der Waals surface area contributed by atoms with Crippen LogP contribution in [0.25, 0.3) is 0 Å². The molecular formula is C21H26N6O4. The molecule has 10 heteroatoms. The molecule has 1 aromatic carbocycles. The fraction of sp³-hybridized carbons (Fsp3) is 0.381. The number of aliphatic imine (C=N–C) groups is 4. The van der Waals surface area contributed by atoms with Gasteiger partial charge in [0.2, 0.25) is 0 Å². The largest absolute Gasteiger partial charge is 0.480 e. The number of carboxylic acid groups (broad SMARTS) is 1. The molecule has 31 heavy (non-hydrogen) atoms. The Morgan fingerprint density at radius 3 is 2.55 bits per heavy atom. The van der Waals surface area contributed by atoms with Crippen LogP contribution in [0.1, 0.15) is 44.5 Å². The second-order valence-electron chi connectivity index (χ2n) is 6.83. The van der Waals surface area contributed by atoms with Gasteiger partial charge in [-0.15, -0.1) is 0 Å². The lowest BCUT2D eigenvalue weighted by Crippen LogP contribution is -2.40. The van der Waals surface area contributed by atoms with E-state index in [-0.39, 0.29) is 13.3 Å². The first-order valence-electron chi connectivity index (χ1n) is 9.53. The number of carbonyl (C=O) groups is 3. The molecule has 0 aromatic heterocycles. The molecule has 10 nitrogen and oxygen atoms in total. The van der Waals surface area contributed by atoms with E-state index in [0.717, 1.165) is 5.69 Å². The Hall–Kier alpha value is -3.69. The third kappa shape index (κ3) is 5.91. The van der Waals surface area contributed by atoms with E-state index in [4.69, 9.17) is 5.11 Å². The van der Waals surface area contributed by atoms with Gasteiger partial charge in [0, 0.05) is 11.3 Å². The van der Waals surface area contributed by atoms with Crippen LogP contribution < -0.4 is 10.6 Å². The number of rotatable bonds is 8. The minimum Gasteiger partial charge on any atom is -0.480 e. The molecule has 164 valence electrons. The molecule has 2 heterocycles. The molecule has 2 atom stereocenters. The van der Waals surface area contributed by atoms with Crippen molar-refractivity contribution in [1.82, 2.24) is 5.32 Å². The predicted octanol–water partition coefficient (Wildman–Crippen LogP) is 1.97. The maximum absolute atomic E-state index is 12.3. The summed E-state index contributed by atoms with van der Waals surface area (Å²) < 4.78 is 0. The van der Waals surface area contributed by atoms with Crippen LogP contribution in [0.15, 0.2) is 44.2 Å². The van der Waals surface area contributed by atoms with Gasteiger partial charge in [-0.3, -0.25) is 14.6 Å². The Balaban J connectivity index is 0.00000341. The number of amides is 2. The summed E-state index contributed by atoms with van der Waals surface area (Å²) in [6, 6.07) is 4.91. The van der Waals surface area contributed by atoms with Crippen LogP contribution in [0.4, 0.5) is 5.69 Å². The summed E-state index contributed by atoms with van der Waals surface area (Å²) in [6.45, 7) is 3.81. The van der Waals surface area contributed by atoms with Crippen LogP contribution in [-0.2, 0) is 9.59 Å². The van der Waals surface area contributed by atoms with Crippen molar-refractivity contribution in [3.8, 4) is 0 Å². The Labute approximate surface area is 180 Å². The van der Waals surface area contributed by atoms with Crippen LogP contribution in [0.3, 0.4) is 0 Å². The quantitative estimate of drug-likeness (QED) is 0.582. The highest BCUT2D eigenvalue weighted by Crippen LogP contribution is 2.13. The number of hydrogen-bond donors (Lipinski definition) is 3. The molecule has 2 aliphatic rings. The molecule has 3 N–H and O–H groups in total. The molecule has 0 spiro atoms. The van der Waals surface area contributed by atoms with Crippen molar-refractivity contribution in [2.45, 2.75) is 46.2 Å². The number of carbonyl (C=O) groups excluding carboxylic acids is 2. The monoisotopic (exact) mass is 426 g/mol. The molecule has 0 saturated heterocycles. The lowest BCUT2D eigenvalue weighted by Gasteiger charge is -2.18. The molecular weight excluding hydrogens is 400 g/mol. The molecule has 0 fully saturated rings. The van der Waals surface area contributed by atoms with E-state index in [0.29, 0.717) is 42.3 Å². The normalized spacial score (nSPS) is 17.9. The van der Waals surface area contributed by atoms with E-state index in [1.165, 1.54) is 0 Å². The average molecular weight is 426 g/mol. The van der Waals surface area contributed by atoms with Gasteiger partial charge in [-0.25, -0.2) is 14.8 Å². The first kappa shape index (κ1) is 23.6. The first-order chi connectivity index (χ1) is 14.4. The van der Waals surface area contributed by atoms with E-state index in [1.807, 2.05) is 6.92 Å². The van der Waals surface area contributed by atoms with Gasteiger partial charge < -0.3 is 15.7 Å². The van der Waals surface area contributed by atoms with Crippen molar-refractivity contribution in [2.75, 3.05) is 11.9 Å². The average Bonchev–Trinajstić information content (AvgIpc) is 2.72. The summed E-state index contributed by atoms with van der Waals surface area (Å²) in [5.74, 6) is -1.17. The van der Waals surface area contributed by atoms with Gasteiger partial charge in [0.15, 0.2) is 11.9 Å². The number of anilines is 1. The third-order valence-corrected chi connectivity index (χ3v) is 4.47. The number of carboxylic acids is 1. The molecule has 0 radical (unpaired) electrons. The van der Waals surface area contributed by atoms with Crippen molar-refractivity contribution in [1.29, 1.82) is 0 Å². The minimum absolute atomic E-state index is 0. The third-order valence-electron chi connectivity index (χ3n) is 4.47. The highest BCUT2D eigenvalue weighted by Gasteiger charge is 2.29. The van der Waals surface area contributed by atoms with Crippen LogP contribution in [0.5, 0.6) is 0 Å². The highest BCUT2D eigenvalue weighted by atomic mass is 16.4. The minimum atomic E-state index is -1.05. The summed E-state index contributed by atoms with van der Waals surface area (Å²) in [6.07, 6.45) is 2.57. The molecule has 3 rings (SSSR count). The summed E-state index contributed by atoms with van der Waals surface area (Å²) in [7, 11) is 0. The molecule has 1 aromatic rings. The number of nitrogens with one attached hydrogen (secondary N) is 2. The number of aliphatic carboxylic acids is 1. The lowest BCUT2D eigenvalue weighted by molar-refractivity contribution is -0.139. The molecule has 0 saturated carbocycles. The van der Waals surface area contributed by atoms with E-state index in [9.17, 15) is 14.4 Å². The topological polar surface area (TPSA) is 145 Å². The fourth-order valence-corrected chi connectivity index (χ4v) is 2.95. The van der Waals surface area contributed by atoms with E-state index < -0.39 is 24.0 Å². The van der Waals surface area contributed by atoms with E-state index in [2.05, 4.69) is 30.6 Å². The lowest BCUT2D eigenvalue weighted by atomic mass is 10.1. The van der Waals surface area contributed by atoms with Gasteiger partial charge in [-0.05, 0) is 37.6 Å². The van der Waals surface area contributed by atoms with Gasteiger partial charge in [0.25, 0.3) is 11.8 Å². The Kier molecular flexibility index (Phi) is 7.89. The van der Waals surface area contributed by atoms with Gasteiger partial charge in [0.1, 0.15) is 11.9 Å². The zero-order chi connectivity index (χ0) is 21.7. The smallest absolute Gasteiger partial charge is 0.326 e. The highest BCUT2D eigenvalue weighted by molar-refractivity contribution is 6.38. The fourth-order valence-electron chi connectivity index (χ4n) is 2.95. The SMILES string of the molecule is C.CCC[C@H](NC(=O)c1ccc(NCC2=NC3C(=O)N=C(C)N=C3N=C2)cc1)C(=O)O. The van der Waals surface area contributed by atoms with Crippen LogP contribution >= 0.6 is 0 Å². The van der Waals surface area contributed by atoms with Crippen molar-refractivity contribution in [3.63, 3.8) is 0 Å². The standard InChI is InChI=1S/C20H22N6O4.CH4/c1-3-4-15(20(29)30)26-18(27)12-5-7-13(8-6-12)21-9-14-10-22-17-16(25-14)19(28)24-11(2)23-17;/h5-8,10,15-16,21H,3-4,9H2,1-2H3,(H,26,27)(H,29,30);1H4/t15-,16?;/m0./s1. The summed E-state index contributed by atoms with van der Waals surface area (Å²) >= 11 is 0. The molecule has 1 unspecified atom stereocenters. The second-order valence-corrected chi connectivity index (χ2v) is 6.83. The maximum atomic E-state index is 12.3. The van der Waals surface area contributed by atoms with E-state index >= 15 is 0 Å². The number of fused-ring (bicyclic) bond motifs is 1. The van der Waals surface area contributed by atoms with Crippen molar-refractivity contribution >= 4 is 47.1 Å². The molecule has 2 aliphatic heterocycles. The van der Waals surface area contributed by atoms with Gasteiger partial charge >= 0.3 is 5.97 Å². The number of amidine groups is 2. The van der Waals surface area contributed by atoms with Gasteiger partial charge in [-0.2, -0.15) is 4.99 Å². The Morgan fingerprint density at radius 2 is 1.90 bits per heavy atom. The number of nitrogens with zero attached hydrogens (tertiary/aromatic N) is 4. The first-order valence-corrected chi connectivity index (χ1v) is 9.53. The summed E-state index contributed by atoms with van der Waals surface area (Å²) in [5, 5.41) is 14.8. The van der Waals surface area contributed by atoms with Crippen molar-refractivity contribution in [3.05, 3.63) is 29.8 Å². The van der Waals surface area contributed by atoms with Crippen LogP contribution in [0.2, 0.25) is 0 Å². The zero-order valence-corrected chi connectivity index (χ0v) is 16.6. The van der Waals surface area contributed by atoms with Crippen molar-refractivity contribution in [2.24, 2.45) is 20.0 Å². The van der Waals surface area contributed by atoms with E-state index in [1.54, 1.807) is 37.4 Å². The summed E-state index contributed by atoms with van der Waals surface area (Å²) in [4.78, 5) is 51.9. The second kappa shape index (κ2) is 10.4. The number of hydrogen-bond acceptors (Lipinski definition) is 7. The summed E-state index contributed by atoms with van der Waals surface area (Å²) in [5.41, 5.74) is 1.67. The Morgan fingerprint density at radius 1 is 1.19 bits per heavy atom. The predicted molar refractivity (Wildman–Crippen MR) is 121 cm³/mol. The number of benzene rings is 1. The molecule has 0 bridgehead atoms. The molecule has 0 aliphatic carbocycles. The zero-order valence-electron chi connectivity index (χ0n) is 16.6. The van der Waals surface area contributed by atoms with Crippen LogP contribution in [0, 0.1) is 0 Å². The van der Waals surface area contributed by atoms with Gasteiger partial charge in [-0.1, -0.05) is 20.8 Å². The Bertz CT molecular complexity index is 978. The maximum Gasteiger partial charge on any atom is 0.326 e.